The fourth-order valence-electron chi connectivity index (χ4n) is 3.18. The lowest BCUT2D eigenvalue weighted by molar-refractivity contribution is -0.137. The number of aromatic nitrogens is 2. The number of nitrogens with one attached hydrogen (secondary N) is 1. The van der Waals surface area contributed by atoms with Crippen molar-refractivity contribution < 1.29 is 18.0 Å². The van der Waals surface area contributed by atoms with Crippen molar-refractivity contribution in [3.63, 3.8) is 0 Å². The number of carbonyl (C=O) groups excluding carboxylic acids is 1. The van der Waals surface area contributed by atoms with E-state index in [9.17, 15) is 18.0 Å². The van der Waals surface area contributed by atoms with Crippen LogP contribution in [0.5, 0.6) is 0 Å². The Morgan fingerprint density at radius 1 is 1.19 bits per heavy atom. The Bertz CT molecular complexity index is 757. The van der Waals surface area contributed by atoms with Gasteiger partial charge in [0.05, 0.1) is 11.6 Å². The lowest BCUT2D eigenvalue weighted by atomic mass is 9.95. The molecule has 5 nitrogen and oxygen atoms in total. The van der Waals surface area contributed by atoms with Gasteiger partial charge in [-0.05, 0) is 49.6 Å². The fraction of sp³-hybridized carbons (Fsp3) is 0.421. The van der Waals surface area contributed by atoms with E-state index in [0.29, 0.717) is 31.7 Å². The first-order chi connectivity index (χ1) is 12.8. The molecule has 1 aliphatic heterocycles. The molecule has 2 aromatic rings. The average molecular weight is 378 g/mol. The Morgan fingerprint density at radius 3 is 2.41 bits per heavy atom. The first kappa shape index (κ1) is 19.1. The predicted octanol–water partition coefficient (Wildman–Crippen LogP) is 3.59. The first-order valence-corrected chi connectivity index (χ1v) is 8.83. The molecule has 0 spiro atoms. The smallest absolute Gasteiger partial charge is 0.357 e. The molecule has 3 heterocycles. The minimum absolute atomic E-state index is 0.000610. The second-order valence-corrected chi connectivity index (χ2v) is 6.67. The molecule has 144 valence electrons. The van der Waals surface area contributed by atoms with Crippen molar-refractivity contribution in [3.8, 4) is 0 Å². The predicted molar refractivity (Wildman–Crippen MR) is 95.0 cm³/mol. The minimum Gasteiger partial charge on any atom is -0.357 e. The molecular formula is C19H21F3N4O. The van der Waals surface area contributed by atoms with Gasteiger partial charge in [-0.1, -0.05) is 0 Å². The quantitative estimate of drug-likeness (QED) is 0.883. The standard InChI is InChI=1S/C19H21F3N4O/c1-13(14-4-8-23-9-5-14)25-18(27)15-6-10-26(11-7-15)17-3-2-16(12-24-17)19(20,21)22/h2-5,8-9,12-13,15H,6-7,10-11H2,1H3,(H,25,27)/t13-/m1/s1. The normalized spacial score (nSPS) is 16.8. The third-order valence-corrected chi connectivity index (χ3v) is 4.83. The van der Waals surface area contributed by atoms with E-state index in [1.165, 1.54) is 6.07 Å². The molecule has 0 aliphatic carbocycles. The molecule has 1 amide bonds. The summed E-state index contributed by atoms with van der Waals surface area (Å²) in [5.41, 5.74) is 0.232. The summed E-state index contributed by atoms with van der Waals surface area (Å²) < 4.78 is 37.9. The maximum atomic E-state index is 12.6. The summed E-state index contributed by atoms with van der Waals surface area (Å²) in [6.07, 6.45) is 1.11. The summed E-state index contributed by atoms with van der Waals surface area (Å²) >= 11 is 0. The monoisotopic (exact) mass is 378 g/mol. The summed E-state index contributed by atoms with van der Waals surface area (Å²) in [6, 6.07) is 6.05. The number of anilines is 1. The highest BCUT2D eigenvalue weighted by molar-refractivity contribution is 5.79. The third kappa shape index (κ3) is 4.75. The van der Waals surface area contributed by atoms with Gasteiger partial charge >= 0.3 is 6.18 Å². The Morgan fingerprint density at radius 2 is 1.85 bits per heavy atom. The largest absolute Gasteiger partial charge is 0.417 e. The molecule has 8 heteroatoms. The van der Waals surface area contributed by atoms with Crippen molar-refractivity contribution >= 4 is 11.7 Å². The van der Waals surface area contributed by atoms with Gasteiger partial charge in [0.1, 0.15) is 5.82 Å². The topological polar surface area (TPSA) is 58.1 Å². The van der Waals surface area contributed by atoms with Crippen LogP contribution in [0.4, 0.5) is 19.0 Å². The van der Waals surface area contributed by atoms with Crippen LogP contribution in [0.3, 0.4) is 0 Å². The number of hydrogen-bond acceptors (Lipinski definition) is 4. The van der Waals surface area contributed by atoms with Gasteiger partial charge in [-0.25, -0.2) is 4.98 Å². The number of pyridine rings is 2. The van der Waals surface area contributed by atoms with Crippen molar-refractivity contribution in [1.29, 1.82) is 0 Å². The van der Waals surface area contributed by atoms with E-state index in [-0.39, 0.29) is 17.9 Å². The molecule has 1 atom stereocenters. The van der Waals surface area contributed by atoms with Crippen molar-refractivity contribution in [1.82, 2.24) is 15.3 Å². The highest BCUT2D eigenvalue weighted by Gasteiger charge is 2.31. The molecule has 27 heavy (non-hydrogen) atoms. The number of rotatable bonds is 4. The van der Waals surface area contributed by atoms with Gasteiger partial charge in [-0.3, -0.25) is 9.78 Å². The van der Waals surface area contributed by atoms with Crippen LogP contribution in [0.25, 0.3) is 0 Å². The molecule has 1 N–H and O–H groups in total. The molecule has 0 unspecified atom stereocenters. The van der Waals surface area contributed by atoms with Gasteiger partial charge in [0.2, 0.25) is 5.91 Å². The number of piperidine rings is 1. The van der Waals surface area contributed by atoms with E-state index < -0.39 is 11.7 Å². The summed E-state index contributed by atoms with van der Waals surface area (Å²) in [4.78, 5) is 22.3. The minimum atomic E-state index is -4.39. The van der Waals surface area contributed by atoms with E-state index in [1.54, 1.807) is 12.4 Å². The van der Waals surface area contributed by atoms with Crippen molar-refractivity contribution in [2.24, 2.45) is 5.92 Å². The number of halogens is 3. The molecule has 2 aromatic heterocycles. The van der Waals surface area contributed by atoms with E-state index in [2.05, 4.69) is 15.3 Å². The maximum Gasteiger partial charge on any atom is 0.417 e. The summed E-state index contributed by atoms with van der Waals surface area (Å²) in [7, 11) is 0. The van der Waals surface area contributed by atoms with Crippen LogP contribution in [0.1, 0.15) is 36.9 Å². The zero-order chi connectivity index (χ0) is 19.4. The molecule has 0 radical (unpaired) electrons. The second-order valence-electron chi connectivity index (χ2n) is 6.67. The fourth-order valence-corrected chi connectivity index (χ4v) is 3.18. The Balaban J connectivity index is 1.53. The van der Waals surface area contributed by atoms with Crippen molar-refractivity contribution in [2.45, 2.75) is 32.0 Å². The molecule has 1 fully saturated rings. The Hall–Kier alpha value is -2.64. The first-order valence-electron chi connectivity index (χ1n) is 8.83. The van der Waals surface area contributed by atoms with Crippen LogP contribution >= 0.6 is 0 Å². The van der Waals surface area contributed by atoms with Gasteiger partial charge in [-0.15, -0.1) is 0 Å². The zero-order valence-corrected chi connectivity index (χ0v) is 14.9. The summed E-state index contributed by atoms with van der Waals surface area (Å²) in [5.74, 6) is 0.395. The number of alkyl halides is 3. The number of nitrogens with zero attached hydrogens (tertiary/aromatic N) is 3. The highest BCUT2D eigenvalue weighted by atomic mass is 19.4. The number of carbonyl (C=O) groups is 1. The molecule has 3 rings (SSSR count). The molecule has 0 saturated carbocycles. The second kappa shape index (κ2) is 7.94. The van der Waals surface area contributed by atoms with Crippen LogP contribution in [0.2, 0.25) is 0 Å². The number of amides is 1. The van der Waals surface area contributed by atoms with Crippen LogP contribution in [0, 0.1) is 5.92 Å². The van der Waals surface area contributed by atoms with E-state index in [1.807, 2.05) is 24.0 Å². The van der Waals surface area contributed by atoms with Gasteiger partial charge < -0.3 is 10.2 Å². The Labute approximate surface area is 155 Å². The molecule has 1 aliphatic rings. The molecule has 1 saturated heterocycles. The van der Waals surface area contributed by atoms with Crippen molar-refractivity contribution in [3.05, 3.63) is 54.0 Å². The van der Waals surface area contributed by atoms with Gasteiger partial charge in [0.15, 0.2) is 0 Å². The molecule has 0 aromatic carbocycles. The summed E-state index contributed by atoms with van der Waals surface area (Å²) in [6.45, 7) is 3.09. The molecule has 0 bridgehead atoms. The SMILES string of the molecule is C[C@@H](NC(=O)C1CCN(c2ccc(C(F)(F)F)cn2)CC1)c1ccncc1. The van der Waals surface area contributed by atoms with Crippen LogP contribution in [-0.4, -0.2) is 29.0 Å². The van der Waals surface area contributed by atoms with Gasteiger partial charge in [-0.2, -0.15) is 13.2 Å². The van der Waals surface area contributed by atoms with E-state index >= 15 is 0 Å². The third-order valence-electron chi connectivity index (χ3n) is 4.83. The maximum absolute atomic E-state index is 12.6. The lowest BCUT2D eigenvalue weighted by Gasteiger charge is -2.32. The van der Waals surface area contributed by atoms with Gasteiger partial charge in [0, 0.05) is 37.6 Å². The highest BCUT2D eigenvalue weighted by Crippen LogP contribution is 2.30. The number of hydrogen-bond donors (Lipinski definition) is 1. The summed E-state index contributed by atoms with van der Waals surface area (Å²) in [5, 5.41) is 3.02. The van der Waals surface area contributed by atoms with E-state index in [0.717, 1.165) is 17.8 Å². The Kier molecular flexibility index (Phi) is 5.62. The van der Waals surface area contributed by atoms with Crippen LogP contribution in [0.15, 0.2) is 42.9 Å². The lowest BCUT2D eigenvalue weighted by Crippen LogP contribution is -2.41. The zero-order valence-electron chi connectivity index (χ0n) is 14.9. The molecular weight excluding hydrogens is 357 g/mol. The van der Waals surface area contributed by atoms with Crippen molar-refractivity contribution in [2.75, 3.05) is 18.0 Å². The van der Waals surface area contributed by atoms with Crippen LogP contribution < -0.4 is 10.2 Å². The van der Waals surface area contributed by atoms with Gasteiger partial charge in [0.25, 0.3) is 0 Å². The van der Waals surface area contributed by atoms with Crippen LogP contribution in [-0.2, 0) is 11.0 Å². The average Bonchev–Trinajstić information content (AvgIpc) is 2.68. The van der Waals surface area contributed by atoms with E-state index in [4.69, 9.17) is 0 Å².